The molecule has 2 aromatic carbocycles. The maximum absolute atomic E-state index is 12.3. The van der Waals surface area contributed by atoms with Crippen LogP contribution in [0.1, 0.15) is 5.56 Å². The first-order chi connectivity index (χ1) is 13.2. The van der Waals surface area contributed by atoms with Gasteiger partial charge in [-0.2, -0.15) is 0 Å². The van der Waals surface area contributed by atoms with Crippen molar-refractivity contribution in [3.63, 3.8) is 0 Å². The highest BCUT2D eigenvalue weighted by molar-refractivity contribution is 7.99. The van der Waals surface area contributed by atoms with Gasteiger partial charge in [-0.15, -0.1) is 0 Å². The van der Waals surface area contributed by atoms with Gasteiger partial charge >= 0.3 is 5.97 Å². The Morgan fingerprint density at radius 2 is 1.78 bits per heavy atom. The predicted molar refractivity (Wildman–Crippen MR) is 107 cm³/mol. The van der Waals surface area contributed by atoms with E-state index in [1.807, 2.05) is 66.7 Å². The van der Waals surface area contributed by atoms with E-state index in [1.54, 1.807) is 0 Å². The van der Waals surface area contributed by atoms with Crippen LogP contribution in [0.15, 0.2) is 71.8 Å². The third-order valence-corrected chi connectivity index (χ3v) is 4.96. The normalized spacial score (nSPS) is 11.7. The lowest BCUT2D eigenvalue weighted by atomic mass is 10.1. The van der Waals surface area contributed by atoms with E-state index in [0.717, 1.165) is 21.5 Å². The summed E-state index contributed by atoms with van der Waals surface area (Å²) in [5, 5.41) is 4.58. The monoisotopic (exact) mass is 380 g/mol. The van der Waals surface area contributed by atoms with Gasteiger partial charge in [-0.3, -0.25) is 4.79 Å². The van der Waals surface area contributed by atoms with E-state index in [-0.39, 0.29) is 11.7 Å². The smallest absolute Gasteiger partial charge is 0.328 e. The molecule has 0 saturated carbocycles. The molecule has 6 heteroatoms. The fraction of sp³-hybridized carbons (Fsp3) is 0.190. The van der Waals surface area contributed by atoms with E-state index in [9.17, 15) is 9.59 Å². The van der Waals surface area contributed by atoms with E-state index in [1.165, 1.54) is 18.9 Å². The first kappa shape index (κ1) is 18.9. The van der Waals surface area contributed by atoms with Gasteiger partial charge in [-0.05, 0) is 17.7 Å². The molecule has 0 fully saturated rings. The van der Waals surface area contributed by atoms with Crippen molar-refractivity contribution in [1.29, 1.82) is 0 Å². The summed E-state index contributed by atoms with van der Waals surface area (Å²) >= 11 is 1.34. The molecule has 3 aromatic rings. The van der Waals surface area contributed by atoms with Crippen molar-refractivity contribution in [2.75, 3.05) is 12.9 Å². The highest BCUT2D eigenvalue weighted by Crippen LogP contribution is 2.19. The van der Waals surface area contributed by atoms with Crippen LogP contribution in [0.5, 0.6) is 0 Å². The molecule has 1 amide bonds. The molecule has 1 aromatic heterocycles. The van der Waals surface area contributed by atoms with E-state index >= 15 is 0 Å². The molecule has 0 aliphatic heterocycles. The van der Waals surface area contributed by atoms with Crippen molar-refractivity contribution >= 4 is 34.5 Å². The minimum absolute atomic E-state index is 0.174. The number of hydrogen-bond donors (Lipinski definition) is 1. The Labute approximate surface area is 162 Å². The quantitative estimate of drug-likeness (QED) is 0.503. The van der Waals surface area contributed by atoms with E-state index in [4.69, 9.17) is 4.74 Å². The van der Waals surface area contributed by atoms with Gasteiger partial charge in [0.05, 0.1) is 23.4 Å². The van der Waals surface area contributed by atoms with Crippen LogP contribution >= 0.6 is 11.8 Å². The molecule has 1 heterocycles. The number of fused-ring (bicyclic) bond motifs is 1. The molecular formula is C21H20N2O3S. The lowest BCUT2D eigenvalue weighted by Gasteiger charge is -2.16. The maximum Gasteiger partial charge on any atom is 0.328 e. The predicted octanol–water partition coefficient (Wildman–Crippen LogP) is 3.23. The van der Waals surface area contributed by atoms with Crippen molar-refractivity contribution in [2.24, 2.45) is 0 Å². The lowest BCUT2D eigenvalue weighted by molar-refractivity contribution is -0.144. The highest BCUT2D eigenvalue weighted by atomic mass is 32.2. The molecule has 0 aliphatic carbocycles. The van der Waals surface area contributed by atoms with Gasteiger partial charge in [0.15, 0.2) is 0 Å². The van der Waals surface area contributed by atoms with Gasteiger partial charge in [0.2, 0.25) is 5.91 Å². The van der Waals surface area contributed by atoms with Gasteiger partial charge in [0.25, 0.3) is 0 Å². The Morgan fingerprint density at radius 3 is 2.56 bits per heavy atom. The van der Waals surface area contributed by atoms with Crippen molar-refractivity contribution in [3.05, 3.63) is 72.3 Å². The maximum atomic E-state index is 12.3. The number of esters is 1. The topological polar surface area (TPSA) is 68.3 Å². The minimum atomic E-state index is -0.713. The molecule has 1 N–H and O–H groups in total. The Morgan fingerprint density at radius 1 is 1.04 bits per heavy atom. The zero-order chi connectivity index (χ0) is 19.1. The minimum Gasteiger partial charge on any atom is -0.467 e. The molecule has 5 nitrogen and oxygen atoms in total. The third-order valence-electron chi connectivity index (χ3n) is 4.03. The first-order valence-corrected chi connectivity index (χ1v) is 9.54. The summed E-state index contributed by atoms with van der Waals surface area (Å²) in [5.74, 6) is -0.518. The summed E-state index contributed by atoms with van der Waals surface area (Å²) in [6.07, 6.45) is 0.387. The first-order valence-electron chi connectivity index (χ1n) is 8.55. The zero-order valence-electron chi connectivity index (χ0n) is 14.9. The van der Waals surface area contributed by atoms with Crippen LogP contribution in [0.2, 0.25) is 0 Å². The number of thioether (sulfide) groups is 1. The van der Waals surface area contributed by atoms with Crippen LogP contribution in [-0.4, -0.2) is 35.8 Å². The number of carbonyl (C=O) groups excluding carboxylic acids is 2. The molecule has 0 aliphatic rings. The summed E-state index contributed by atoms with van der Waals surface area (Å²) in [4.78, 5) is 28.9. The number of amides is 1. The van der Waals surface area contributed by atoms with E-state index in [2.05, 4.69) is 10.3 Å². The van der Waals surface area contributed by atoms with Crippen LogP contribution in [0.25, 0.3) is 10.9 Å². The number of hydrogen-bond acceptors (Lipinski definition) is 5. The third kappa shape index (κ3) is 5.31. The number of carbonyl (C=O) groups is 2. The number of pyridine rings is 1. The number of ether oxygens (including phenoxy) is 1. The fourth-order valence-electron chi connectivity index (χ4n) is 2.69. The number of aromatic nitrogens is 1. The van der Waals surface area contributed by atoms with Crippen LogP contribution in [0.3, 0.4) is 0 Å². The zero-order valence-corrected chi connectivity index (χ0v) is 15.7. The molecule has 0 spiro atoms. The second-order valence-electron chi connectivity index (χ2n) is 5.96. The average Bonchev–Trinajstić information content (AvgIpc) is 2.71. The fourth-order valence-corrected chi connectivity index (χ4v) is 3.38. The molecule has 0 radical (unpaired) electrons. The van der Waals surface area contributed by atoms with Crippen molar-refractivity contribution < 1.29 is 14.3 Å². The molecule has 3 rings (SSSR count). The van der Waals surface area contributed by atoms with E-state index < -0.39 is 12.0 Å². The van der Waals surface area contributed by atoms with Crippen LogP contribution in [-0.2, 0) is 20.7 Å². The molecule has 0 unspecified atom stereocenters. The van der Waals surface area contributed by atoms with Gasteiger partial charge in [-0.25, -0.2) is 9.78 Å². The summed E-state index contributed by atoms with van der Waals surface area (Å²) in [6, 6.07) is 20.5. The standard InChI is InChI=1S/C21H20N2O3S/c1-26-21(25)18(13-15-7-3-2-4-8-15)22-19(24)14-27-20-12-11-16-9-5-6-10-17(16)23-20/h2-12,18H,13-14H2,1H3,(H,22,24)/t18-/m0/s1. The second kappa shape index (κ2) is 9.19. The molecule has 1 atom stereocenters. The summed E-state index contributed by atoms with van der Waals surface area (Å²) in [5.41, 5.74) is 1.84. The van der Waals surface area contributed by atoms with Gasteiger partial charge in [-0.1, -0.05) is 66.4 Å². The van der Waals surface area contributed by atoms with Gasteiger partial charge < -0.3 is 10.1 Å². The highest BCUT2D eigenvalue weighted by Gasteiger charge is 2.22. The van der Waals surface area contributed by atoms with Crippen molar-refractivity contribution in [2.45, 2.75) is 17.5 Å². The molecule has 0 bridgehead atoms. The van der Waals surface area contributed by atoms with Crippen molar-refractivity contribution in [3.8, 4) is 0 Å². The molecular weight excluding hydrogens is 360 g/mol. The molecule has 27 heavy (non-hydrogen) atoms. The Balaban J connectivity index is 1.60. The van der Waals surface area contributed by atoms with E-state index in [0.29, 0.717) is 6.42 Å². The lowest BCUT2D eigenvalue weighted by Crippen LogP contribution is -2.43. The number of nitrogens with one attached hydrogen (secondary N) is 1. The summed E-state index contributed by atoms with van der Waals surface area (Å²) < 4.78 is 4.82. The van der Waals surface area contributed by atoms with Crippen LogP contribution < -0.4 is 5.32 Å². The largest absolute Gasteiger partial charge is 0.467 e. The molecule has 0 saturated heterocycles. The summed E-state index contributed by atoms with van der Waals surface area (Å²) in [6.45, 7) is 0. The van der Waals surface area contributed by atoms with Crippen LogP contribution in [0.4, 0.5) is 0 Å². The molecule has 138 valence electrons. The summed E-state index contributed by atoms with van der Waals surface area (Å²) in [7, 11) is 1.32. The van der Waals surface area contributed by atoms with Gasteiger partial charge in [0.1, 0.15) is 6.04 Å². The number of para-hydroxylation sites is 1. The van der Waals surface area contributed by atoms with Crippen LogP contribution in [0, 0.1) is 0 Å². The number of benzene rings is 2. The number of nitrogens with zero attached hydrogens (tertiary/aromatic N) is 1. The van der Waals surface area contributed by atoms with Gasteiger partial charge in [0, 0.05) is 11.8 Å². The number of rotatable bonds is 7. The Bertz CT molecular complexity index is 931. The SMILES string of the molecule is COC(=O)[C@H](Cc1ccccc1)NC(=O)CSc1ccc2ccccc2n1. The Kier molecular flexibility index (Phi) is 6.44. The second-order valence-corrected chi connectivity index (χ2v) is 6.96. The average molecular weight is 380 g/mol. The van der Waals surface area contributed by atoms with Crippen molar-refractivity contribution in [1.82, 2.24) is 10.3 Å². The number of methoxy groups -OCH3 is 1. The Hall–Kier alpha value is -2.86.